The highest BCUT2D eigenvalue weighted by Crippen LogP contribution is 2.17. The Kier molecular flexibility index (Phi) is 11.6. The summed E-state index contributed by atoms with van der Waals surface area (Å²) in [5.74, 6) is 0.636. The molecule has 0 aromatic heterocycles. The molecule has 2 N–H and O–H groups in total. The molecule has 1 aromatic rings. The van der Waals surface area contributed by atoms with Crippen molar-refractivity contribution in [1.29, 1.82) is 0 Å². The predicted molar refractivity (Wildman–Crippen MR) is 144 cm³/mol. The first kappa shape index (κ1) is 27.7. The fraction of sp³-hybridized carbons (Fsp3) is 0.643. The molecule has 2 aliphatic rings. The summed E-state index contributed by atoms with van der Waals surface area (Å²) >= 11 is 5.93. The zero-order valence-electron chi connectivity index (χ0n) is 21.5. The summed E-state index contributed by atoms with van der Waals surface area (Å²) in [6.07, 6.45) is 11.0. The van der Waals surface area contributed by atoms with Crippen molar-refractivity contribution in [3.63, 3.8) is 0 Å². The molecule has 35 heavy (non-hydrogen) atoms. The molecule has 7 heteroatoms. The summed E-state index contributed by atoms with van der Waals surface area (Å²) in [5, 5.41) is 7.31. The highest BCUT2D eigenvalue weighted by atomic mass is 35.5. The number of benzene rings is 1. The van der Waals surface area contributed by atoms with Crippen LogP contribution >= 0.6 is 11.6 Å². The lowest BCUT2D eigenvalue weighted by Gasteiger charge is -2.30. The Morgan fingerprint density at radius 3 is 2.54 bits per heavy atom. The molecule has 0 unspecified atom stereocenters. The highest BCUT2D eigenvalue weighted by Gasteiger charge is 2.32. The fourth-order valence-electron chi connectivity index (χ4n) is 5.01. The van der Waals surface area contributed by atoms with Gasteiger partial charge in [-0.15, -0.1) is 0 Å². The lowest BCUT2D eigenvalue weighted by Crippen LogP contribution is -2.50. The number of carbonyl (C=O) groups excluding carboxylic acids is 2. The van der Waals surface area contributed by atoms with E-state index in [1.807, 2.05) is 24.3 Å². The minimum absolute atomic E-state index is 0.0740. The zero-order chi connectivity index (χ0) is 25.0. The molecule has 2 heterocycles. The average molecular weight is 503 g/mol. The van der Waals surface area contributed by atoms with Gasteiger partial charge in [-0.25, -0.2) is 0 Å². The van der Waals surface area contributed by atoms with Gasteiger partial charge >= 0.3 is 0 Å². The number of carbonyl (C=O) groups is 2. The van der Waals surface area contributed by atoms with E-state index in [0.717, 1.165) is 64.0 Å². The number of amides is 2. The second-order valence-electron chi connectivity index (χ2n) is 9.99. The van der Waals surface area contributed by atoms with Gasteiger partial charge in [-0.05, 0) is 68.5 Å². The highest BCUT2D eigenvalue weighted by molar-refractivity contribution is 6.30. The van der Waals surface area contributed by atoms with Crippen LogP contribution in [0.1, 0.15) is 64.4 Å². The van der Waals surface area contributed by atoms with Crippen LogP contribution in [-0.2, 0) is 9.59 Å². The fourth-order valence-corrected chi connectivity index (χ4v) is 5.14. The number of halogens is 1. The number of nitrogens with one attached hydrogen (secondary N) is 2. The Labute approximate surface area is 216 Å². The molecule has 6 nitrogen and oxygen atoms in total. The molecule has 2 amide bonds. The van der Waals surface area contributed by atoms with Crippen molar-refractivity contribution < 1.29 is 9.59 Å². The minimum Gasteiger partial charge on any atom is -0.351 e. The summed E-state index contributed by atoms with van der Waals surface area (Å²) < 4.78 is 0. The van der Waals surface area contributed by atoms with E-state index in [9.17, 15) is 9.59 Å². The van der Waals surface area contributed by atoms with E-state index in [4.69, 9.17) is 11.6 Å². The van der Waals surface area contributed by atoms with Crippen LogP contribution in [0.25, 0.3) is 6.08 Å². The number of likely N-dealkylation sites (tertiary alicyclic amines) is 1. The molecule has 0 spiro atoms. The van der Waals surface area contributed by atoms with Crippen molar-refractivity contribution in [1.82, 2.24) is 20.4 Å². The normalized spacial score (nSPS) is 22.1. The van der Waals surface area contributed by atoms with Gasteiger partial charge in [0.15, 0.2) is 0 Å². The van der Waals surface area contributed by atoms with Gasteiger partial charge in [-0.3, -0.25) is 9.59 Å². The summed E-state index contributed by atoms with van der Waals surface area (Å²) in [4.78, 5) is 30.5. The van der Waals surface area contributed by atoms with Crippen LogP contribution in [0.4, 0.5) is 0 Å². The second kappa shape index (κ2) is 14.6. The van der Waals surface area contributed by atoms with Crippen molar-refractivity contribution in [2.45, 2.75) is 70.9 Å². The van der Waals surface area contributed by atoms with E-state index in [2.05, 4.69) is 34.3 Å². The van der Waals surface area contributed by atoms with Crippen molar-refractivity contribution in [3.8, 4) is 0 Å². The molecule has 0 saturated carbocycles. The maximum Gasteiger partial charge on any atom is 0.244 e. The standard InChI is InChI=1S/C28H43ClN4O2/c1-3-22(4-2)21-33-19-14-25(20-30-27(34)13-10-23-8-11-24(29)12-9-23)31-26(28(33)35)15-18-32-16-6-5-7-17-32/h8-13,22,25-26,31H,3-7,14-21H2,1-2H3,(H,30,34)/b13-10+/t25-,26-/m0/s1. The van der Waals surface area contributed by atoms with Gasteiger partial charge in [0.1, 0.15) is 0 Å². The van der Waals surface area contributed by atoms with Crippen molar-refractivity contribution in [2.24, 2.45) is 5.92 Å². The van der Waals surface area contributed by atoms with Gasteiger partial charge in [-0.2, -0.15) is 0 Å². The summed E-state index contributed by atoms with van der Waals surface area (Å²) in [6, 6.07) is 7.26. The predicted octanol–water partition coefficient (Wildman–Crippen LogP) is 4.34. The lowest BCUT2D eigenvalue weighted by molar-refractivity contribution is -0.133. The van der Waals surface area contributed by atoms with E-state index in [1.165, 1.54) is 19.3 Å². The van der Waals surface area contributed by atoms with Crippen molar-refractivity contribution in [2.75, 3.05) is 39.3 Å². The zero-order valence-corrected chi connectivity index (χ0v) is 22.2. The lowest BCUT2D eigenvalue weighted by atomic mass is 10.0. The minimum atomic E-state index is -0.194. The van der Waals surface area contributed by atoms with E-state index >= 15 is 0 Å². The first-order chi connectivity index (χ1) is 17.0. The van der Waals surface area contributed by atoms with Crippen LogP contribution in [0.15, 0.2) is 30.3 Å². The molecule has 2 aliphatic heterocycles. The Morgan fingerprint density at radius 1 is 1.14 bits per heavy atom. The van der Waals surface area contributed by atoms with E-state index in [1.54, 1.807) is 12.2 Å². The number of nitrogens with zero attached hydrogens (tertiary/aromatic N) is 2. The van der Waals surface area contributed by atoms with Crippen molar-refractivity contribution >= 4 is 29.5 Å². The summed E-state index contributed by atoms with van der Waals surface area (Å²) in [6.45, 7) is 9.72. The summed E-state index contributed by atoms with van der Waals surface area (Å²) in [7, 11) is 0. The maximum absolute atomic E-state index is 13.5. The smallest absolute Gasteiger partial charge is 0.244 e. The van der Waals surface area contributed by atoms with Crippen LogP contribution in [0.3, 0.4) is 0 Å². The van der Waals surface area contributed by atoms with E-state index in [0.29, 0.717) is 17.5 Å². The first-order valence-electron chi connectivity index (χ1n) is 13.5. The molecule has 1 aromatic carbocycles. The number of hydrogen-bond donors (Lipinski definition) is 2. The second-order valence-corrected chi connectivity index (χ2v) is 10.4. The van der Waals surface area contributed by atoms with Gasteiger partial charge in [0.05, 0.1) is 6.04 Å². The van der Waals surface area contributed by atoms with Gasteiger partial charge in [0.2, 0.25) is 11.8 Å². The summed E-state index contributed by atoms with van der Waals surface area (Å²) in [5.41, 5.74) is 0.928. The average Bonchev–Trinajstić information content (AvgIpc) is 3.03. The third-order valence-electron chi connectivity index (χ3n) is 7.43. The van der Waals surface area contributed by atoms with Gasteiger partial charge in [0.25, 0.3) is 0 Å². The third kappa shape index (κ3) is 9.25. The Balaban J connectivity index is 1.58. The molecule has 0 radical (unpaired) electrons. The third-order valence-corrected chi connectivity index (χ3v) is 7.68. The van der Waals surface area contributed by atoms with E-state index in [-0.39, 0.29) is 23.9 Å². The molecular formula is C28H43ClN4O2. The van der Waals surface area contributed by atoms with Crippen LogP contribution < -0.4 is 10.6 Å². The van der Waals surface area contributed by atoms with Gasteiger partial charge in [0, 0.05) is 43.3 Å². The maximum atomic E-state index is 13.5. The Morgan fingerprint density at radius 2 is 1.86 bits per heavy atom. The van der Waals surface area contributed by atoms with Crippen LogP contribution in [-0.4, -0.2) is 73.0 Å². The van der Waals surface area contributed by atoms with Crippen molar-refractivity contribution in [3.05, 3.63) is 40.9 Å². The Bertz CT molecular complexity index is 819. The monoisotopic (exact) mass is 502 g/mol. The van der Waals surface area contributed by atoms with Gasteiger partial charge in [-0.1, -0.05) is 56.8 Å². The topological polar surface area (TPSA) is 64.7 Å². The molecule has 3 rings (SSSR count). The molecule has 2 fully saturated rings. The molecule has 2 saturated heterocycles. The van der Waals surface area contributed by atoms with Crippen LogP contribution in [0.2, 0.25) is 5.02 Å². The van der Waals surface area contributed by atoms with Crippen LogP contribution in [0.5, 0.6) is 0 Å². The number of piperidine rings is 1. The quantitative estimate of drug-likeness (QED) is 0.442. The molecular weight excluding hydrogens is 460 g/mol. The molecule has 194 valence electrons. The largest absolute Gasteiger partial charge is 0.351 e. The Hall–Kier alpha value is -1.89. The SMILES string of the molecule is CCC(CC)CN1CC[C@@H](CNC(=O)/C=C/c2ccc(Cl)cc2)N[C@@H](CCN2CCCCC2)C1=O. The molecule has 2 atom stereocenters. The number of rotatable bonds is 11. The van der Waals surface area contributed by atoms with E-state index < -0.39 is 0 Å². The van der Waals surface area contributed by atoms with Gasteiger partial charge < -0.3 is 20.4 Å². The molecule has 0 bridgehead atoms. The molecule has 0 aliphatic carbocycles. The number of hydrogen-bond acceptors (Lipinski definition) is 4. The first-order valence-corrected chi connectivity index (χ1v) is 13.8. The van der Waals surface area contributed by atoms with Crippen LogP contribution in [0, 0.1) is 5.92 Å².